The summed E-state index contributed by atoms with van der Waals surface area (Å²) in [5.41, 5.74) is 2.66. The summed E-state index contributed by atoms with van der Waals surface area (Å²) in [6.45, 7) is 6.97. The zero-order valence-corrected chi connectivity index (χ0v) is 12.9. The average molecular weight is 282 g/mol. The Morgan fingerprint density at radius 2 is 1.38 bits per heavy atom. The van der Waals surface area contributed by atoms with Crippen molar-refractivity contribution >= 4 is 5.78 Å². The Bertz CT molecular complexity index is 577. The highest BCUT2D eigenvalue weighted by Crippen LogP contribution is 2.21. The molecule has 0 saturated heterocycles. The lowest BCUT2D eigenvalue weighted by molar-refractivity contribution is 0.0858. The molecule has 0 aromatic heterocycles. The summed E-state index contributed by atoms with van der Waals surface area (Å²) in [5, 5.41) is 0. The van der Waals surface area contributed by atoms with Gasteiger partial charge in [-0.2, -0.15) is 0 Å². The molecule has 110 valence electrons. The molecule has 0 amide bonds. The van der Waals surface area contributed by atoms with Gasteiger partial charge in [0.25, 0.3) is 0 Å². The van der Waals surface area contributed by atoms with Crippen LogP contribution in [0.15, 0.2) is 54.6 Å². The van der Waals surface area contributed by atoms with Crippen molar-refractivity contribution in [3.05, 3.63) is 71.3 Å². The van der Waals surface area contributed by atoms with Crippen molar-refractivity contribution in [3.63, 3.8) is 0 Å². The van der Waals surface area contributed by atoms with E-state index in [1.54, 1.807) is 0 Å². The Kier molecular flexibility index (Phi) is 4.92. The van der Waals surface area contributed by atoms with Gasteiger partial charge >= 0.3 is 0 Å². The fourth-order valence-corrected chi connectivity index (χ4v) is 2.05. The van der Waals surface area contributed by atoms with E-state index in [4.69, 9.17) is 4.74 Å². The number of rotatable bonds is 5. The SMILES string of the molecule is CC(C)(C)C(=O)c1ccc(COCc2ccccc2)cc1. The molecule has 0 N–H and O–H groups in total. The first-order chi connectivity index (χ1) is 9.97. The van der Waals surface area contributed by atoms with E-state index in [0.717, 1.165) is 16.7 Å². The maximum Gasteiger partial charge on any atom is 0.168 e. The average Bonchev–Trinajstić information content (AvgIpc) is 2.47. The van der Waals surface area contributed by atoms with Crippen molar-refractivity contribution in [1.82, 2.24) is 0 Å². The molecule has 0 spiro atoms. The molecule has 0 aliphatic carbocycles. The summed E-state index contributed by atoms with van der Waals surface area (Å²) in [4.78, 5) is 12.1. The highest BCUT2D eigenvalue weighted by Gasteiger charge is 2.22. The van der Waals surface area contributed by atoms with E-state index < -0.39 is 0 Å². The van der Waals surface area contributed by atoms with Gasteiger partial charge in [0.15, 0.2) is 5.78 Å². The maximum atomic E-state index is 12.1. The van der Waals surface area contributed by atoms with Crippen molar-refractivity contribution in [2.45, 2.75) is 34.0 Å². The van der Waals surface area contributed by atoms with Crippen molar-refractivity contribution in [3.8, 4) is 0 Å². The summed E-state index contributed by atoms with van der Waals surface area (Å²) in [6, 6.07) is 17.8. The van der Waals surface area contributed by atoms with Crippen molar-refractivity contribution < 1.29 is 9.53 Å². The largest absolute Gasteiger partial charge is 0.372 e. The molecule has 0 aliphatic heterocycles. The lowest BCUT2D eigenvalue weighted by Crippen LogP contribution is -2.20. The number of benzene rings is 2. The molecule has 0 heterocycles. The molecule has 0 unspecified atom stereocenters. The lowest BCUT2D eigenvalue weighted by atomic mass is 9.86. The quantitative estimate of drug-likeness (QED) is 0.747. The number of ether oxygens (including phenoxy) is 1. The van der Waals surface area contributed by atoms with Crippen LogP contribution in [0.3, 0.4) is 0 Å². The lowest BCUT2D eigenvalue weighted by Gasteiger charge is -2.16. The summed E-state index contributed by atoms with van der Waals surface area (Å²) >= 11 is 0. The number of carbonyl (C=O) groups is 1. The monoisotopic (exact) mass is 282 g/mol. The van der Waals surface area contributed by atoms with E-state index in [0.29, 0.717) is 13.2 Å². The number of hydrogen-bond donors (Lipinski definition) is 0. The van der Waals surface area contributed by atoms with E-state index in [1.807, 2.05) is 75.4 Å². The minimum Gasteiger partial charge on any atom is -0.372 e. The number of ketones is 1. The first-order valence-electron chi connectivity index (χ1n) is 7.22. The summed E-state index contributed by atoms with van der Waals surface area (Å²) < 4.78 is 5.69. The van der Waals surface area contributed by atoms with Gasteiger partial charge in [0, 0.05) is 11.0 Å². The molecular formula is C19H22O2. The third kappa shape index (κ3) is 4.54. The third-order valence-electron chi connectivity index (χ3n) is 3.28. The first-order valence-corrected chi connectivity index (χ1v) is 7.22. The molecule has 0 fully saturated rings. The van der Waals surface area contributed by atoms with Gasteiger partial charge in [-0.1, -0.05) is 75.4 Å². The molecule has 0 aliphatic rings. The molecule has 2 heteroatoms. The van der Waals surface area contributed by atoms with Gasteiger partial charge in [-0.25, -0.2) is 0 Å². The van der Waals surface area contributed by atoms with Crippen molar-refractivity contribution in [2.24, 2.45) is 5.41 Å². The summed E-state index contributed by atoms with van der Waals surface area (Å²) in [5.74, 6) is 0.166. The zero-order valence-electron chi connectivity index (χ0n) is 12.9. The topological polar surface area (TPSA) is 26.3 Å². The maximum absolute atomic E-state index is 12.1. The number of hydrogen-bond acceptors (Lipinski definition) is 2. The van der Waals surface area contributed by atoms with E-state index in [9.17, 15) is 4.79 Å². The molecule has 21 heavy (non-hydrogen) atoms. The molecule has 2 rings (SSSR count). The second kappa shape index (κ2) is 6.68. The van der Waals surface area contributed by atoms with Crippen LogP contribution >= 0.6 is 0 Å². The van der Waals surface area contributed by atoms with Crippen LogP contribution in [-0.2, 0) is 18.0 Å². The van der Waals surface area contributed by atoms with Gasteiger partial charge in [-0.3, -0.25) is 4.79 Å². The molecule has 0 saturated carbocycles. The van der Waals surface area contributed by atoms with Crippen LogP contribution in [0.2, 0.25) is 0 Å². The summed E-state index contributed by atoms with van der Waals surface area (Å²) in [6.07, 6.45) is 0. The molecular weight excluding hydrogens is 260 g/mol. The van der Waals surface area contributed by atoms with Gasteiger partial charge in [0.2, 0.25) is 0 Å². The fraction of sp³-hybridized carbons (Fsp3) is 0.316. The predicted molar refractivity (Wildman–Crippen MR) is 85.2 cm³/mol. The minimum atomic E-state index is -0.342. The standard InChI is InChI=1S/C19H22O2/c1-19(2,3)18(20)17-11-9-16(10-12-17)14-21-13-15-7-5-4-6-8-15/h4-12H,13-14H2,1-3H3. The fourth-order valence-electron chi connectivity index (χ4n) is 2.05. The van der Waals surface area contributed by atoms with Crippen LogP contribution in [0.5, 0.6) is 0 Å². The highest BCUT2D eigenvalue weighted by atomic mass is 16.5. The van der Waals surface area contributed by atoms with Crippen LogP contribution in [-0.4, -0.2) is 5.78 Å². The zero-order chi connectivity index (χ0) is 15.3. The molecule has 0 bridgehead atoms. The number of Topliss-reactive ketones (excluding diaryl/α,β-unsaturated/α-hetero) is 1. The Morgan fingerprint density at radius 1 is 0.857 bits per heavy atom. The van der Waals surface area contributed by atoms with Crippen LogP contribution < -0.4 is 0 Å². The van der Waals surface area contributed by atoms with Crippen molar-refractivity contribution in [2.75, 3.05) is 0 Å². The van der Waals surface area contributed by atoms with Crippen LogP contribution in [0.25, 0.3) is 0 Å². The number of carbonyl (C=O) groups excluding carboxylic acids is 1. The Hall–Kier alpha value is -1.93. The molecule has 0 atom stereocenters. The summed E-state index contributed by atoms with van der Waals surface area (Å²) in [7, 11) is 0. The van der Waals surface area contributed by atoms with Crippen molar-refractivity contribution in [1.29, 1.82) is 0 Å². The van der Waals surface area contributed by atoms with Gasteiger partial charge in [-0.05, 0) is 11.1 Å². The van der Waals surface area contributed by atoms with Gasteiger partial charge < -0.3 is 4.74 Å². The van der Waals surface area contributed by atoms with E-state index in [1.165, 1.54) is 0 Å². The molecule has 0 radical (unpaired) electrons. The van der Waals surface area contributed by atoms with Crippen LogP contribution in [0, 0.1) is 5.41 Å². The van der Waals surface area contributed by atoms with Crippen LogP contribution in [0.4, 0.5) is 0 Å². The van der Waals surface area contributed by atoms with E-state index in [-0.39, 0.29) is 11.2 Å². The van der Waals surface area contributed by atoms with E-state index >= 15 is 0 Å². The second-order valence-electron chi connectivity index (χ2n) is 6.25. The smallest absolute Gasteiger partial charge is 0.168 e. The first kappa shape index (κ1) is 15.5. The normalized spacial score (nSPS) is 11.4. The minimum absolute atomic E-state index is 0.166. The van der Waals surface area contributed by atoms with Crippen LogP contribution in [0.1, 0.15) is 42.3 Å². The second-order valence-corrected chi connectivity index (χ2v) is 6.25. The molecule has 2 nitrogen and oxygen atoms in total. The Labute approximate surface area is 126 Å². The van der Waals surface area contributed by atoms with Gasteiger partial charge in [0.05, 0.1) is 13.2 Å². The van der Waals surface area contributed by atoms with Gasteiger partial charge in [-0.15, -0.1) is 0 Å². The Morgan fingerprint density at radius 3 is 1.90 bits per heavy atom. The highest BCUT2D eigenvalue weighted by molar-refractivity contribution is 5.99. The predicted octanol–water partition coefficient (Wildman–Crippen LogP) is 4.63. The van der Waals surface area contributed by atoms with E-state index in [2.05, 4.69) is 0 Å². The van der Waals surface area contributed by atoms with Gasteiger partial charge in [0.1, 0.15) is 0 Å². The molecule has 2 aromatic rings. The Balaban J connectivity index is 1.90. The third-order valence-corrected chi connectivity index (χ3v) is 3.28. The molecule has 2 aromatic carbocycles.